The van der Waals surface area contributed by atoms with Crippen LogP contribution in [-0.2, 0) is 4.74 Å². The molecule has 1 aromatic rings. The Labute approximate surface area is 127 Å². The predicted octanol–water partition coefficient (Wildman–Crippen LogP) is 1.87. The first-order valence-corrected chi connectivity index (χ1v) is 7.48. The van der Waals surface area contributed by atoms with Gasteiger partial charge in [-0.25, -0.2) is 9.97 Å². The molecule has 1 atom stereocenters. The molecule has 0 radical (unpaired) electrons. The van der Waals surface area contributed by atoms with Gasteiger partial charge in [0.05, 0.1) is 12.7 Å². The van der Waals surface area contributed by atoms with Crippen LogP contribution in [0.1, 0.15) is 38.9 Å². The molecule has 0 bridgehead atoms. The summed E-state index contributed by atoms with van der Waals surface area (Å²) in [6, 6.07) is 1.92. The average molecular weight is 296 g/mol. The van der Waals surface area contributed by atoms with Crippen molar-refractivity contribution in [3.8, 4) is 0 Å². The van der Waals surface area contributed by atoms with Crippen LogP contribution < -0.4 is 10.2 Å². The standard InChI is InChI=1S/C15H28N4O2/c1-6-7-16-13-8-14(18-15(17-13)11(2)3)19(4)9-12(20)10-21-5/h8,11-12,20H,6-7,9-10H2,1-5H3,(H,16,17,18). The zero-order chi connectivity index (χ0) is 15.8. The van der Waals surface area contributed by atoms with Crippen molar-refractivity contribution in [2.24, 2.45) is 0 Å². The van der Waals surface area contributed by atoms with Crippen LogP contribution in [0.3, 0.4) is 0 Å². The molecule has 0 saturated carbocycles. The number of aliphatic hydroxyl groups excluding tert-OH is 1. The minimum atomic E-state index is -0.537. The van der Waals surface area contributed by atoms with Crippen LogP contribution >= 0.6 is 0 Å². The molecular formula is C15H28N4O2. The quantitative estimate of drug-likeness (QED) is 0.725. The molecule has 0 spiro atoms. The highest BCUT2D eigenvalue weighted by atomic mass is 16.5. The smallest absolute Gasteiger partial charge is 0.135 e. The van der Waals surface area contributed by atoms with Gasteiger partial charge in [0, 0.05) is 39.2 Å². The lowest BCUT2D eigenvalue weighted by Gasteiger charge is -2.23. The Bertz CT molecular complexity index is 426. The molecule has 0 aliphatic carbocycles. The number of aliphatic hydroxyl groups is 1. The summed E-state index contributed by atoms with van der Waals surface area (Å²) in [5, 5.41) is 13.1. The van der Waals surface area contributed by atoms with Crippen molar-refractivity contribution in [1.82, 2.24) is 9.97 Å². The fraction of sp³-hybridized carbons (Fsp3) is 0.733. The fourth-order valence-corrected chi connectivity index (χ4v) is 1.90. The monoisotopic (exact) mass is 296 g/mol. The Morgan fingerprint density at radius 1 is 1.38 bits per heavy atom. The van der Waals surface area contributed by atoms with Gasteiger partial charge >= 0.3 is 0 Å². The SMILES string of the molecule is CCCNc1cc(N(C)CC(O)COC)nc(C(C)C)n1. The highest BCUT2D eigenvalue weighted by molar-refractivity contribution is 5.49. The van der Waals surface area contributed by atoms with Gasteiger partial charge in [-0.15, -0.1) is 0 Å². The molecule has 1 aromatic heterocycles. The Kier molecular flexibility index (Phi) is 7.39. The number of nitrogens with zero attached hydrogens (tertiary/aromatic N) is 3. The van der Waals surface area contributed by atoms with Gasteiger partial charge in [0.1, 0.15) is 17.5 Å². The van der Waals surface area contributed by atoms with Gasteiger partial charge in [0.15, 0.2) is 0 Å². The second-order valence-corrected chi connectivity index (χ2v) is 5.54. The molecule has 6 nitrogen and oxygen atoms in total. The molecule has 1 heterocycles. The van der Waals surface area contributed by atoms with E-state index in [0.717, 1.165) is 30.4 Å². The van der Waals surface area contributed by atoms with Gasteiger partial charge in [-0.1, -0.05) is 20.8 Å². The third-order valence-electron chi connectivity index (χ3n) is 3.04. The summed E-state index contributed by atoms with van der Waals surface area (Å²) in [4.78, 5) is 11.0. The molecule has 0 aliphatic rings. The van der Waals surface area contributed by atoms with Crippen molar-refractivity contribution < 1.29 is 9.84 Å². The van der Waals surface area contributed by atoms with E-state index < -0.39 is 6.10 Å². The number of anilines is 2. The zero-order valence-electron chi connectivity index (χ0n) is 13.8. The highest BCUT2D eigenvalue weighted by Gasteiger charge is 2.13. The van der Waals surface area contributed by atoms with Crippen molar-refractivity contribution in [3.05, 3.63) is 11.9 Å². The molecule has 21 heavy (non-hydrogen) atoms. The second-order valence-electron chi connectivity index (χ2n) is 5.54. The van der Waals surface area contributed by atoms with Crippen LogP contribution in [0.15, 0.2) is 6.07 Å². The van der Waals surface area contributed by atoms with Crippen molar-refractivity contribution in [3.63, 3.8) is 0 Å². The van der Waals surface area contributed by atoms with Crippen molar-refractivity contribution in [1.29, 1.82) is 0 Å². The van der Waals surface area contributed by atoms with Gasteiger partial charge in [-0.3, -0.25) is 0 Å². The minimum Gasteiger partial charge on any atom is -0.389 e. The third kappa shape index (κ3) is 5.85. The number of rotatable bonds is 9. The molecule has 0 aromatic carbocycles. The van der Waals surface area contributed by atoms with E-state index in [2.05, 4.69) is 36.1 Å². The summed E-state index contributed by atoms with van der Waals surface area (Å²) in [5.41, 5.74) is 0. The van der Waals surface area contributed by atoms with E-state index in [4.69, 9.17) is 4.74 Å². The molecule has 0 fully saturated rings. The number of nitrogens with one attached hydrogen (secondary N) is 1. The molecule has 120 valence electrons. The molecular weight excluding hydrogens is 268 g/mol. The van der Waals surface area contributed by atoms with Gasteiger partial charge in [0.25, 0.3) is 0 Å². The van der Waals surface area contributed by atoms with Gasteiger partial charge in [-0.05, 0) is 6.42 Å². The van der Waals surface area contributed by atoms with Crippen LogP contribution in [0.4, 0.5) is 11.6 Å². The predicted molar refractivity (Wildman–Crippen MR) is 86.1 cm³/mol. The van der Waals surface area contributed by atoms with Gasteiger partial charge in [-0.2, -0.15) is 0 Å². The summed E-state index contributed by atoms with van der Waals surface area (Å²) in [7, 11) is 3.49. The first-order valence-electron chi connectivity index (χ1n) is 7.48. The van der Waals surface area contributed by atoms with E-state index in [0.29, 0.717) is 13.2 Å². The van der Waals surface area contributed by atoms with E-state index in [1.807, 2.05) is 18.0 Å². The lowest BCUT2D eigenvalue weighted by atomic mass is 10.2. The largest absolute Gasteiger partial charge is 0.389 e. The third-order valence-corrected chi connectivity index (χ3v) is 3.04. The van der Waals surface area contributed by atoms with E-state index in [-0.39, 0.29) is 5.92 Å². The molecule has 0 amide bonds. The second kappa shape index (κ2) is 8.79. The first kappa shape index (κ1) is 17.7. The molecule has 0 aliphatic heterocycles. The summed E-state index contributed by atoms with van der Waals surface area (Å²) < 4.78 is 4.96. The normalized spacial score (nSPS) is 12.5. The number of aromatic nitrogens is 2. The van der Waals surface area contributed by atoms with Crippen molar-refractivity contribution in [2.45, 2.75) is 39.2 Å². The van der Waals surface area contributed by atoms with Crippen molar-refractivity contribution >= 4 is 11.6 Å². The van der Waals surface area contributed by atoms with Crippen LogP contribution in [0.5, 0.6) is 0 Å². The van der Waals surface area contributed by atoms with Crippen LogP contribution in [0.2, 0.25) is 0 Å². The molecule has 0 saturated heterocycles. The zero-order valence-corrected chi connectivity index (χ0v) is 13.8. The molecule has 2 N–H and O–H groups in total. The van der Waals surface area contributed by atoms with E-state index in [1.54, 1.807) is 7.11 Å². The molecule has 1 unspecified atom stereocenters. The van der Waals surface area contributed by atoms with Crippen molar-refractivity contribution in [2.75, 3.05) is 44.1 Å². The minimum absolute atomic E-state index is 0.254. The van der Waals surface area contributed by atoms with E-state index in [9.17, 15) is 5.11 Å². The Balaban J connectivity index is 2.90. The summed E-state index contributed by atoms with van der Waals surface area (Å²) >= 11 is 0. The maximum absolute atomic E-state index is 9.84. The van der Waals surface area contributed by atoms with Crippen LogP contribution in [-0.4, -0.2) is 55.0 Å². The van der Waals surface area contributed by atoms with Crippen LogP contribution in [0.25, 0.3) is 0 Å². The highest BCUT2D eigenvalue weighted by Crippen LogP contribution is 2.19. The average Bonchev–Trinajstić information content (AvgIpc) is 2.44. The van der Waals surface area contributed by atoms with Gasteiger partial charge < -0.3 is 20.1 Å². The lowest BCUT2D eigenvalue weighted by Crippen LogP contribution is -2.32. The topological polar surface area (TPSA) is 70.5 Å². The Hall–Kier alpha value is -1.40. The number of ether oxygens (including phenoxy) is 1. The summed E-state index contributed by atoms with van der Waals surface area (Å²) in [6.07, 6.45) is 0.503. The number of hydrogen-bond acceptors (Lipinski definition) is 6. The lowest BCUT2D eigenvalue weighted by molar-refractivity contribution is 0.0694. The maximum Gasteiger partial charge on any atom is 0.135 e. The molecule has 6 heteroatoms. The van der Waals surface area contributed by atoms with Crippen LogP contribution in [0, 0.1) is 0 Å². The Morgan fingerprint density at radius 3 is 2.67 bits per heavy atom. The molecule has 1 rings (SSSR count). The number of likely N-dealkylation sites (N-methyl/N-ethyl adjacent to an activating group) is 1. The first-order chi connectivity index (χ1) is 9.97. The Morgan fingerprint density at radius 2 is 2.10 bits per heavy atom. The van der Waals surface area contributed by atoms with E-state index in [1.165, 1.54) is 0 Å². The number of hydrogen-bond donors (Lipinski definition) is 2. The summed E-state index contributed by atoms with van der Waals surface area (Å²) in [5.74, 6) is 2.70. The number of methoxy groups -OCH3 is 1. The summed E-state index contributed by atoms with van der Waals surface area (Å²) in [6.45, 7) is 7.92. The van der Waals surface area contributed by atoms with Gasteiger partial charge in [0.2, 0.25) is 0 Å². The van der Waals surface area contributed by atoms with E-state index >= 15 is 0 Å². The fourth-order valence-electron chi connectivity index (χ4n) is 1.90. The maximum atomic E-state index is 9.84.